The highest BCUT2D eigenvalue weighted by atomic mass is 35.5. The van der Waals surface area contributed by atoms with E-state index in [0.717, 1.165) is 4.88 Å². The fourth-order valence-electron chi connectivity index (χ4n) is 2.72. The number of rotatable bonds is 6. The molecule has 27 heavy (non-hydrogen) atoms. The highest BCUT2D eigenvalue weighted by Crippen LogP contribution is 2.41. The van der Waals surface area contributed by atoms with Gasteiger partial charge in [-0.2, -0.15) is 0 Å². The van der Waals surface area contributed by atoms with Crippen LogP contribution < -0.4 is 5.56 Å². The molecule has 0 fully saturated rings. The van der Waals surface area contributed by atoms with Crippen molar-refractivity contribution in [3.05, 3.63) is 38.2 Å². The second-order valence-electron chi connectivity index (χ2n) is 6.79. The summed E-state index contributed by atoms with van der Waals surface area (Å²) in [5, 5.41) is 3.91. The monoisotopic (exact) mass is 428 g/mol. The number of halogens is 2. The topological polar surface area (TPSA) is 80.2 Å². The fraction of sp³-hybridized carbons (Fsp3) is 0.353. The van der Waals surface area contributed by atoms with Gasteiger partial charge in [-0.1, -0.05) is 23.2 Å². The van der Waals surface area contributed by atoms with Crippen molar-refractivity contribution in [1.29, 1.82) is 0 Å². The normalized spacial score (nSPS) is 11.9. The second-order valence-corrected chi connectivity index (χ2v) is 8.49. The molecule has 0 atom stereocenters. The van der Waals surface area contributed by atoms with Crippen LogP contribution in [0, 0.1) is 0 Å². The summed E-state index contributed by atoms with van der Waals surface area (Å²) in [5.74, 6) is 0. The number of amides is 1. The smallest absolute Gasteiger partial charge is 0.275 e. The standard InChI is InChI=1S/C17H18Cl2N4O3S/c1-17(2,3)26-22(9-24)5-6-23-13(15-10(18)4-7-27-15)11(19)12-14(23)16(25)21-8-20-12/h4,7-9H,5-6H2,1-3H3,(H,20,21,25). The van der Waals surface area contributed by atoms with Gasteiger partial charge in [0.25, 0.3) is 5.56 Å². The molecule has 10 heteroatoms. The Balaban J connectivity index is 2.09. The zero-order valence-electron chi connectivity index (χ0n) is 15.0. The molecule has 0 unspecified atom stereocenters. The lowest BCUT2D eigenvalue weighted by Crippen LogP contribution is -2.35. The molecule has 0 aliphatic rings. The van der Waals surface area contributed by atoms with Crippen LogP contribution in [0.1, 0.15) is 20.8 Å². The van der Waals surface area contributed by atoms with Crippen LogP contribution in [0.4, 0.5) is 0 Å². The number of nitrogens with zero attached hydrogens (tertiary/aromatic N) is 3. The van der Waals surface area contributed by atoms with Crippen molar-refractivity contribution < 1.29 is 9.63 Å². The van der Waals surface area contributed by atoms with Crippen LogP contribution in [0.15, 0.2) is 22.6 Å². The van der Waals surface area contributed by atoms with Gasteiger partial charge in [-0.25, -0.2) is 10.0 Å². The minimum atomic E-state index is -0.532. The number of hydrogen-bond donors (Lipinski definition) is 1. The molecule has 0 aliphatic heterocycles. The van der Waals surface area contributed by atoms with Crippen molar-refractivity contribution >= 4 is 52.0 Å². The number of nitrogens with one attached hydrogen (secondary N) is 1. The zero-order chi connectivity index (χ0) is 19.8. The predicted octanol–water partition coefficient (Wildman–Crippen LogP) is 3.95. The maximum Gasteiger partial charge on any atom is 0.275 e. The summed E-state index contributed by atoms with van der Waals surface area (Å²) in [6.07, 6.45) is 1.92. The van der Waals surface area contributed by atoms with E-state index in [2.05, 4.69) is 9.97 Å². The third-order valence-electron chi connectivity index (χ3n) is 3.67. The Morgan fingerprint density at radius 1 is 1.41 bits per heavy atom. The van der Waals surface area contributed by atoms with E-state index in [1.54, 1.807) is 10.6 Å². The van der Waals surface area contributed by atoms with Crippen molar-refractivity contribution in [2.75, 3.05) is 6.54 Å². The molecule has 0 saturated heterocycles. The van der Waals surface area contributed by atoms with Crippen molar-refractivity contribution in [2.45, 2.75) is 32.9 Å². The summed E-state index contributed by atoms with van der Waals surface area (Å²) in [4.78, 5) is 36.9. The van der Waals surface area contributed by atoms with Crippen LogP contribution in [-0.4, -0.2) is 38.2 Å². The van der Waals surface area contributed by atoms with E-state index >= 15 is 0 Å². The second kappa shape index (κ2) is 7.63. The Kier molecular flexibility index (Phi) is 5.62. The molecule has 0 saturated carbocycles. The van der Waals surface area contributed by atoms with E-state index in [1.807, 2.05) is 26.2 Å². The first-order chi connectivity index (χ1) is 12.7. The maximum absolute atomic E-state index is 12.4. The Bertz CT molecular complexity index is 1040. The molecule has 3 rings (SSSR count). The number of H-pyrrole nitrogens is 1. The predicted molar refractivity (Wildman–Crippen MR) is 107 cm³/mol. The van der Waals surface area contributed by atoms with Gasteiger partial charge >= 0.3 is 0 Å². The molecule has 0 radical (unpaired) electrons. The van der Waals surface area contributed by atoms with Gasteiger partial charge in [-0.05, 0) is 32.2 Å². The SMILES string of the molecule is CC(C)(C)ON(C=O)CCn1c(-c2sccc2Cl)c(Cl)c2nc[nH]c(=O)c21. The first kappa shape index (κ1) is 19.9. The minimum absolute atomic E-state index is 0.213. The van der Waals surface area contributed by atoms with E-state index in [9.17, 15) is 9.59 Å². The maximum atomic E-state index is 12.4. The number of fused-ring (bicyclic) bond motifs is 1. The molecular formula is C17H18Cl2N4O3S. The summed E-state index contributed by atoms with van der Waals surface area (Å²) in [7, 11) is 0. The average molecular weight is 429 g/mol. The van der Waals surface area contributed by atoms with E-state index in [1.165, 1.54) is 22.7 Å². The van der Waals surface area contributed by atoms with E-state index in [-0.39, 0.29) is 18.6 Å². The third kappa shape index (κ3) is 4.03. The zero-order valence-corrected chi connectivity index (χ0v) is 17.3. The minimum Gasteiger partial charge on any atom is -0.331 e. The number of aromatic amines is 1. The van der Waals surface area contributed by atoms with Crippen molar-refractivity contribution in [1.82, 2.24) is 19.6 Å². The summed E-state index contributed by atoms with van der Waals surface area (Å²) in [6, 6.07) is 1.76. The summed E-state index contributed by atoms with van der Waals surface area (Å²) >= 11 is 14.3. The Morgan fingerprint density at radius 2 is 2.15 bits per heavy atom. The van der Waals surface area contributed by atoms with Crippen molar-refractivity contribution in [3.8, 4) is 10.6 Å². The van der Waals surface area contributed by atoms with Gasteiger partial charge in [0.05, 0.1) is 39.1 Å². The molecule has 7 nitrogen and oxygen atoms in total. The van der Waals surface area contributed by atoms with Crippen molar-refractivity contribution in [3.63, 3.8) is 0 Å². The number of hydrogen-bond acceptors (Lipinski definition) is 5. The molecule has 0 aliphatic carbocycles. The van der Waals surface area contributed by atoms with Gasteiger partial charge < -0.3 is 9.55 Å². The molecule has 1 N–H and O–H groups in total. The third-order valence-corrected chi connectivity index (χ3v) is 5.38. The van der Waals surface area contributed by atoms with E-state index in [0.29, 0.717) is 33.2 Å². The van der Waals surface area contributed by atoms with Crippen LogP contribution in [0.2, 0.25) is 10.0 Å². The highest BCUT2D eigenvalue weighted by Gasteiger charge is 2.24. The van der Waals surface area contributed by atoms with Crippen LogP contribution >= 0.6 is 34.5 Å². The first-order valence-electron chi connectivity index (χ1n) is 8.12. The lowest BCUT2D eigenvalue weighted by atomic mass is 10.2. The lowest BCUT2D eigenvalue weighted by molar-refractivity contribution is -0.216. The average Bonchev–Trinajstić information content (AvgIpc) is 3.12. The van der Waals surface area contributed by atoms with Gasteiger partial charge in [-0.15, -0.1) is 11.3 Å². The Morgan fingerprint density at radius 3 is 2.74 bits per heavy atom. The van der Waals surface area contributed by atoms with Gasteiger partial charge in [0, 0.05) is 6.54 Å². The number of carbonyl (C=O) groups excluding carboxylic acids is 1. The van der Waals surface area contributed by atoms with Crippen LogP contribution in [0.5, 0.6) is 0 Å². The van der Waals surface area contributed by atoms with E-state index in [4.69, 9.17) is 28.0 Å². The summed E-state index contributed by atoms with van der Waals surface area (Å²) in [5.41, 5.74) is 0.446. The molecule has 1 amide bonds. The van der Waals surface area contributed by atoms with Crippen LogP contribution in [-0.2, 0) is 16.2 Å². The molecular weight excluding hydrogens is 411 g/mol. The van der Waals surface area contributed by atoms with Gasteiger partial charge in [0.15, 0.2) is 0 Å². The number of thiophene rings is 1. The first-order valence-corrected chi connectivity index (χ1v) is 9.76. The largest absolute Gasteiger partial charge is 0.331 e. The summed E-state index contributed by atoms with van der Waals surface area (Å²) < 4.78 is 1.73. The summed E-state index contributed by atoms with van der Waals surface area (Å²) in [6.45, 7) is 6.02. The van der Waals surface area contributed by atoms with Crippen LogP contribution in [0.3, 0.4) is 0 Å². The number of aromatic nitrogens is 3. The number of hydroxylamine groups is 2. The molecule has 144 valence electrons. The Hall–Kier alpha value is -1.87. The van der Waals surface area contributed by atoms with E-state index < -0.39 is 5.60 Å². The number of carbonyl (C=O) groups is 1. The highest BCUT2D eigenvalue weighted by molar-refractivity contribution is 7.14. The van der Waals surface area contributed by atoms with Gasteiger partial charge in [0.2, 0.25) is 6.41 Å². The lowest BCUT2D eigenvalue weighted by Gasteiger charge is -2.27. The van der Waals surface area contributed by atoms with Crippen LogP contribution in [0.25, 0.3) is 21.6 Å². The molecule has 3 aromatic heterocycles. The fourth-order valence-corrected chi connectivity index (χ4v) is 4.32. The quantitative estimate of drug-likeness (QED) is 0.475. The van der Waals surface area contributed by atoms with Gasteiger partial charge in [-0.3, -0.25) is 14.4 Å². The molecule has 3 aromatic rings. The molecule has 0 bridgehead atoms. The van der Waals surface area contributed by atoms with Gasteiger partial charge in [0.1, 0.15) is 11.0 Å². The van der Waals surface area contributed by atoms with Crippen molar-refractivity contribution in [2.24, 2.45) is 0 Å². The Labute approximate surface area is 169 Å². The molecule has 0 aromatic carbocycles. The molecule has 0 spiro atoms. The molecule has 3 heterocycles.